The number of aliphatic imine (C=N–C) groups is 1. The molecule has 0 spiro atoms. The summed E-state index contributed by atoms with van der Waals surface area (Å²) < 4.78 is 47.3. The number of hydrogen-bond donors (Lipinski definition) is 1. The van der Waals surface area contributed by atoms with E-state index in [1.54, 1.807) is 55.4 Å². The van der Waals surface area contributed by atoms with E-state index < -0.39 is 35.4 Å². The second-order valence-corrected chi connectivity index (χ2v) is 9.47. The second-order valence-electron chi connectivity index (χ2n) is 9.47. The Morgan fingerprint density at radius 2 is 1.68 bits per heavy atom. The van der Waals surface area contributed by atoms with Crippen LogP contribution in [0, 0.1) is 0 Å². The maximum absolute atomic E-state index is 14.2. The molecular formula is C29H27F3N4O4. The Labute approximate surface area is 229 Å². The van der Waals surface area contributed by atoms with E-state index in [2.05, 4.69) is 10.3 Å². The van der Waals surface area contributed by atoms with Gasteiger partial charge in [-0.05, 0) is 55.6 Å². The van der Waals surface area contributed by atoms with E-state index in [1.807, 2.05) is 0 Å². The standard InChI is InChI=1S/C29H27F3N4O4/c1-35(2)16-24(37)36(3)23-13-11-19(15-21(23)29(30,31)32)33-26(17-8-6-5-7-9-17)25-20-12-10-18(28(39)40-4)14-22(20)34-27(25)38/h5-15,25H,16H2,1-4H3,(H,34,38). The van der Waals surface area contributed by atoms with Gasteiger partial charge in [0.2, 0.25) is 11.8 Å². The summed E-state index contributed by atoms with van der Waals surface area (Å²) in [4.78, 5) is 44.8. The fourth-order valence-electron chi connectivity index (χ4n) is 4.45. The quantitative estimate of drug-likeness (QED) is 0.334. The first kappa shape index (κ1) is 28.5. The van der Waals surface area contributed by atoms with Gasteiger partial charge < -0.3 is 19.9 Å². The van der Waals surface area contributed by atoms with Crippen LogP contribution >= 0.6 is 0 Å². The molecule has 3 aromatic rings. The van der Waals surface area contributed by atoms with Crippen LogP contribution in [0.2, 0.25) is 0 Å². The molecule has 208 valence electrons. The molecule has 1 aliphatic rings. The van der Waals surface area contributed by atoms with Gasteiger partial charge in [0, 0.05) is 12.7 Å². The van der Waals surface area contributed by atoms with Crippen molar-refractivity contribution in [2.75, 3.05) is 45.0 Å². The molecule has 0 aromatic heterocycles. The number of hydrogen-bond acceptors (Lipinski definition) is 6. The summed E-state index contributed by atoms with van der Waals surface area (Å²) >= 11 is 0. The number of halogens is 3. The third kappa shape index (κ3) is 5.89. The van der Waals surface area contributed by atoms with Gasteiger partial charge in [0.05, 0.1) is 41.9 Å². The molecule has 1 atom stereocenters. The number of anilines is 2. The van der Waals surface area contributed by atoms with Crippen molar-refractivity contribution in [2.24, 2.45) is 4.99 Å². The van der Waals surface area contributed by atoms with Crippen molar-refractivity contribution in [3.63, 3.8) is 0 Å². The Bertz CT molecular complexity index is 1490. The minimum atomic E-state index is -4.78. The van der Waals surface area contributed by atoms with Crippen LogP contribution in [-0.2, 0) is 20.5 Å². The van der Waals surface area contributed by atoms with Crippen molar-refractivity contribution in [1.29, 1.82) is 0 Å². The predicted octanol–water partition coefficient (Wildman–Crippen LogP) is 4.87. The van der Waals surface area contributed by atoms with Crippen molar-refractivity contribution in [1.82, 2.24) is 4.90 Å². The van der Waals surface area contributed by atoms with Crippen LogP contribution in [0.5, 0.6) is 0 Å². The number of ether oxygens (including phenoxy) is 1. The number of alkyl halides is 3. The minimum absolute atomic E-state index is 0.0455. The molecule has 0 radical (unpaired) electrons. The van der Waals surface area contributed by atoms with Gasteiger partial charge in [-0.15, -0.1) is 0 Å². The highest BCUT2D eigenvalue weighted by Gasteiger charge is 2.38. The highest BCUT2D eigenvalue weighted by atomic mass is 19.4. The van der Waals surface area contributed by atoms with Crippen molar-refractivity contribution in [3.05, 3.63) is 89.0 Å². The maximum Gasteiger partial charge on any atom is 0.418 e. The minimum Gasteiger partial charge on any atom is -0.465 e. The van der Waals surface area contributed by atoms with Gasteiger partial charge in [-0.1, -0.05) is 36.4 Å². The lowest BCUT2D eigenvalue weighted by atomic mass is 9.90. The fourth-order valence-corrected chi connectivity index (χ4v) is 4.45. The topological polar surface area (TPSA) is 91.3 Å². The van der Waals surface area contributed by atoms with Gasteiger partial charge in [-0.3, -0.25) is 14.6 Å². The van der Waals surface area contributed by atoms with E-state index >= 15 is 0 Å². The molecule has 2 amide bonds. The van der Waals surface area contributed by atoms with E-state index in [4.69, 9.17) is 4.74 Å². The van der Waals surface area contributed by atoms with Gasteiger partial charge >= 0.3 is 12.1 Å². The van der Waals surface area contributed by atoms with Crippen LogP contribution in [0.1, 0.15) is 33.0 Å². The summed E-state index contributed by atoms with van der Waals surface area (Å²) in [6.45, 7) is -0.0697. The van der Waals surface area contributed by atoms with E-state index in [0.29, 0.717) is 16.8 Å². The van der Waals surface area contributed by atoms with Gasteiger partial charge in [0.15, 0.2) is 0 Å². The Balaban J connectivity index is 1.84. The SMILES string of the molecule is COC(=O)c1ccc2c(c1)NC(=O)C2C(=Nc1ccc(N(C)C(=O)CN(C)C)c(C(F)(F)F)c1)c1ccccc1. The lowest BCUT2D eigenvalue weighted by Crippen LogP contribution is -2.36. The molecule has 1 N–H and O–H groups in total. The summed E-state index contributed by atoms with van der Waals surface area (Å²) in [7, 11) is 5.82. The van der Waals surface area contributed by atoms with Crippen molar-refractivity contribution in [2.45, 2.75) is 12.1 Å². The van der Waals surface area contributed by atoms with E-state index in [-0.39, 0.29) is 29.2 Å². The zero-order valence-corrected chi connectivity index (χ0v) is 22.2. The number of likely N-dealkylation sites (N-methyl/N-ethyl adjacent to an activating group) is 2. The summed E-state index contributed by atoms with van der Waals surface area (Å²) in [6.07, 6.45) is -4.78. The Kier molecular flexibility index (Phi) is 8.06. The van der Waals surface area contributed by atoms with Crippen molar-refractivity contribution >= 4 is 40.6 Å². The third-order valence-electron chi connectivity index (χ3n) is 6.37. The van der Waals surface area contributed by atoms with Crippen LogP contribution in [0.4, 0.5) is 30.2 Å². The van der Waals surface area contributed by atoms with Gasteiger partial charge in [0.1, 0.15) is 5.92 Å². The van der Waals surface area contributed by atoms with Crippen molar-refractivity contribution in [3.8, 4) is 0 Å². The Morgan fingerprint density at radius 3 is 2.30 bits per heavy atom. The molecule has 1 unspecified atom stereocenters. The molecule has 0 aliphatic carbocycles. The first-order valence-electron chi connectivity index (χ1n) is 12.2. The zero-order chi connectivity index (χ0) is 29.2. The van der Waals surface area contributed by atoms with Crippen LogP contribution < -0.4 is 10.2 Å². The van der Waals surface area contributed by atoms with Crippen LogP contribution in [-0.4, -0.2) is 63.2 Å². The molecule has 11 heteroatoms. The number of benzene rings is 3. The third-order valence-corrected chi connectivity index (χ3v) is 6.37. The fraction of sp³-hybridized carbons (Fsp3) is 0.241. The smallest absolute Gasteiger partial charge is 0.418 e. The lowest BCUT2D eigenvalue weighted by molar-refractivity contribution is -0.137. The predicted molar refractivity (Wildman–Crippen MR) is 145 cm³/mol. The number of carbonyl (C=O) groups excluding carboxylic acids is 3. The lowest BCUT2D eigenvalue weighted by Gasteiger charge is -2.24. The van der Waals surface area contributed by atoms with Gasteiger partial charge in [0.25, 0.3) is 0 Å². The summed E-state index contributed by atoms with van der Waals surface area (Å²) in [6, 6.07) is 16.7. The maximum atomic E-state index is 14.2. The number of esters is 1. The van der Waals surface area contributed by atoms with Gasteiger partial charge in [-0.2, -0.15) is 13.2 Å². The highest BCUT2D eigenvalue weighted by molar-refractivity contribution is 6.24. The molecule has 4 rings (SSSR count). The average Bonchev–Trinajstić information content (AvgIpc) is 3.24. The van der Waals surface area contributed by atoms with Crippen molar-refractivity contribution < 1.29 is 32.3 Å². The highest BCUT2D eigenvalue weighted by Crippen LogP contribution is 2.41. The number of carbonyl (C=O) groups is 3. The second kappa shape index (κ2) is 11.3. The summed E-state index contributed by atoms with van der Waals surface area (Å²) in [5.41, 5.74) is 0.503. The average molecular weight is 553 g/mol. The first-order valence-corrected chi connectivity index (χ1v) is 12.2. The molecular weight excluding hydrogens is 525 g/mol. The number of fused-ring (bicyclic) bond motifs is 1. The largest absolute Gasteiger partial charge is 0.465 e. The number of amides is 2. The van der Waals surface area contributed by atoms with Gasteiger partial charge in [-0.25, -0.2) is 4.79 Å². The number of methoxy groups -OCH3 is 1. The molecule has 0 saturated heterocycles. The normalized spacial score (nSPS) is 15.1. The molecule has 8 nitrogen and oxygen atoms in total. The Morgan fingerprint density at radius 1 is 0.975 bits per heavy atom. The Hall–Kier alpha value is -4.51. The summed E-state index contributed by atoms with van der Waals surface area (Å²) in [5, 5.41) is 2.73. The molecule has 1 aliphatic heterocycles. The van der Waals surface area contributed by atoms with Crippen LogP contribution in [0.3, 0.4) is 0 Å². The zero-order valence-electron chi connectivity index (χ0n) is 22.2. The monoisotopic (exact) mass is 552 g/mol. The number of nitrogens with zero attached hydrogens (tertiary/aromatic N) is 3. The van der Waals surface area contributed by atoms with Crippen LogP contribution in [0.15, 0.2) is 71.7 Å². The number of rotatable bonds is 7. The van der Waals surface area contributed by atoms with Crippen LogP contribution in [0.25, 0.3) is 0 Å². The molecule has 1 heterocycles. The van der Waals surface area contributed by atoms with E-state index in [9.17, 15) is 27.6 Å². The molecule has 0 saturated carbocycles. The summed E-state index contributed by atoms with van der Waals surface area (Å²) in [5.74, 6) is -2.49. The molecule has 3 aromatic carbocycles. The number of nitrogens with one attached hydrogen (secondary N) is 1. The first-order chi connectivity index (χ1) is 18.9. The molecule has 0 fully saturated rings. The van der Waals surface area contributed by atoms with E-state index in [1.165, 1.54) is 38.4 Å². The molecule has 40 heavy (non-hydrogen) atoms. The molecule has 0 bridgehead atoms. The van der Waals surface area contributed by atoms with E-state index in [0.717, 1.165) is 11.0 Å².